The molecule has 3 aromatic rings. The number of rotatable bonds is 7. The predicted molar refractivity (Wildman–Crippen MR) is 130 cm³/mol. The van der Waals surface area contributed by atoms with Gasteiger partial charge in [0.2, 0.25) is 6.54 Å². The summed E-state index contributed by atoms with van der Waals surface area (Å²) in [5, 5.41) is 18.6. The number of nitro benzene ring substituents is 1. The maximum Gasteiger partial charge on any atom is 0.424 e. The van der Waals surface area contributed by atoms with Crippen molar-refractivity contribution in [2.75, 3.05) is 20.3 Å². The van der Waals surface area contributed by atoms with E-state index in [2.05, 4.69) is 20.2 Å². The van der Waals surface area contributed by atoms with E-state index in [1.807, 2.05) is 0 Å². The number of carbonyl (C=O) groups is 2. The number of ether oxygens (including phenoxy) is 3. The van der Waals surface area contributed by atoms with Gasteiger partial charge in [0, 0.05) is 12.1 Å². The Morgan fingerprint density at radius 3 is 2.58 bits per heavy atom. The van der Waals surface area contributed by atoms with Crippen LogP contribution in [0.15, 0.2) is 63.4 Å². The number of nitro groups is 1. The average Bonchev–Trinajstić information content (AvgIpc) is 3.40. The van der Waals surface area contributed by atoms with Gasteiger partial charge in [-0.25, -0.2) is 30.7 Å². The summed E-state index contributed by atoms with van der Waals surface area (Å²) in [4.78, 5) is 45.8. The molecule has 14 nitrogen and oxygen atoms in total. The average molecular weight is 520 g/mol. The van der Waals surface area contributed by atoms with Gasteiger partial charge in [0.15, 0.2) is 6.61 Å². The number of aromatic nitrogens is 2. The van der Waals surface area contributed by atoms with Crippen molar-refractivity contribution in [1.29, 1.82) is 0 Å². The van der Waals surface area contributed by atoms with Crippen LogP contribution in [0.3, 0.4) is 0 Å². The highest BCUT2D eigenvalue weighted by Crippen LogP contribution is 2.38. The summed E-state index contributed by atoms with van der Waals surface area (Å²) in [5.41, 5.74) is 1.39. The second kappa shape index (κ2) is 11.2. The lowest BCUT2D eigenvalue weighted by Crippen LogP contribution is -2.46. The van der Waals surface area contributed by atoms with Gasteiger partial charge >= 0.3 is 18.1 Å². The molecule has 2 aromatic carbocycles. The van der Waals surface area contributed by atoms with Crippen molar-refractivity contribution in [2.24, 2.45) is 4.99 Å². The Kier molecular flexibility index (Phi) is 7.57. The van der Waals surface area contributed by atoms with E-state index in [-0.39, 0.29) is 42.6 Å². The molecule has 2 heterocycles. The van der Waals surface area contributed by atoms with Crippen LogP contribution < -0.4 is 4.74 Å². The fraction of sp³-hybridized carbons (Fsp3) is 0.250. The fourth-order valence-corrected chi connectivity index (χ4v) is 3.79. The molecule has 1 aromatic heterocycles. The molecule has 194 valence electrons. The number of amidine groups is 1. The Morgan fingerprint density at radius 1 is 1.18 bits per heavy atom. The SMILES string of the molecule is [C-]#[N+]CCOC(=O)C1=C(CC)N=C(OC)N(C(=O)Oc2ccc([N+](=O)[O-])cc2)C1c1ccc2nonc2c1. The number of amides is 1. The number of allylic oxidation sites excluding steroid dienone is 1. The summed E-state index contributed by atoms with van der Waals surface area (Å²) in [7, 11) is 1.30. The molecule has 0 saturated heterocycles. The number of methoxy groups -OCH3 is 1. The predicted octanol–water partition coefficient (Wildman–Crippen LogP) is 3.82. The number of hydrogen-bond donors (Lipinski definition) is 0. The van der Waals surface area contributed by atoms with Crippen LogP contribution in [0.5, 0.6) is 5.75 Å². The summed E-state index contributed by atoms with van der Waals surface area (Å²) in [5.74, 6) is -0.765. The van der Waals surface area contributed by atoms with E-state index >= 15 is 0 Å². The summed E-state index contributed by atoms with van der Waals surface area (Å²) >= 11 is 0. The number of aliphatic imine (C=N–C) groups is 1. The topological polar surface area (TPSA) is 164 Å². The fourth-order valence-electron chi connectivity index (χ4n) is 3.79. The highest BCUT2D eigenvalue weighted by molar-refractivity contribution is 6.00. The molecule has 14 heteroatoms. The molecule has 0 aliphatic carbocycles. The Bertz CT molecular complexity index is 1490. The second-order valence-corrected chi connectivity index (χ2v) is 7.73. The van der Waals surface area contributed by atoms with Crippen molar-refractivity contribution in [3.63, 3.8) is 0 Å². The van der Waals surface area contributed by atoms with Crippen LogP contribution in [0.25, 0.3) is 15.9 Å². The largest absolute Gasteiger partial charge is 0.468 e. The zero-order valence-electron chi connectivity index (χ0n) is 20.2. The van der Waals surface area contributed by atoms with Gasteiger partial charge in [0.25, 0.3) is 5.69 Å². The summed E-state index contributed by atoms with van der Waals surface area (Å²) in [6.07, 6.45) is -0.695. The molecule has 1 aliphatic heterocycles. The van der Waals surface area contributed by atoms with E-state index < -0.39 is 23.0 Å². The molecule has 1 atom stereocenters. The van der Waals surface area contributed by atoms with Gasteiger partial charge in [0.05, 0.1) is 23.3 Å². The standard InChI is InChI=1S/C24H20N6O8/c1-4-17-20(22(31)36-12-11-25-2)21(14-5-10-18-19(13-14)28-38-27-18)29(23(26-17)35-3)24(32)37-16-8-6-15(7-9-16)30(33)34/h5-10,13,21H,4,11-12H2,1,3H3. The van der Waals surface area contributed by atoms with E-state index in [1.54, 1.807) is 25.1 Å². The zero-order valence-corrected chi connectivity index (χ0v) is 20.2. The van der Waals surface area contributed by atoms with Crippen molar-refractivity contribution in [3.8, 4) is 5.75 Å². The van der Waals surface area contributed by atoms with Crippen molar-refractivity contribution >= 4 is 34.8 Å². The molecule has 0 bridgehead atoms. The van der Waals surface area contributed by atoms with Crippen molar-refractivity contribution in [2.45, 2.75) is 19.4 Å². The van der Waals surface area contributed by atoms with E-state index in [4.69, 9.17) is 25.4 Å². The monoisotopic (exact) mass is 520 g/mol. The third-order valence-electron chi connectivity index (χ3n) is 5.50. The molecule has 1 unspecified atom stereocenters. The number of carbonyl (C=O) groups excluding carboxylic acids is 2. The van der Waals surface area contributed by atoms with Gasteiger partial charge < -0.3 is 19.1 Å². The van der Waals surface area contributed by atoms with E-state index in [0.717, 1.165) is 4.90 Å². The minimum atomic E-state index is -1.13. The van der Waals surface area contributed by atoms with Crippen LogP contribution in [-0.2, 0) is 14.3 Å². The molecule has 1 aliphatic rings. The molecule has 1 amide bonds. The van der Waals surface area contributed by atoms with Crippen molar-refractivity contribution in [1.82, 2.24) is 15.2 Å². The molecule has 0 N–H and O–H groups in total. The van der Waals surface area contributed by atoms with Gasteiger partial charge in [0.1, 0.15) is 22.8 Å². The van der Waals surface area contributed by atoms with Crippen LogP contribution in [-0.4, -0.2) is 58.5 Å². The van der Waals surface area contributed by atoms with Gasteiger partial charge in [-0.15, -0.1) is 0 Å². The molecular weight excluding hydrogens is 500 g/mol. The molecule has 0 radical (unpaired) electrons. The summed E-state index contributed by atoms with van der Waals surface area (Å²) < 4.78 is 21.0. The first-order valence-corrected chi connectivity index (χ1v) is 11.2. The highest BCUT2D eigenvalue weighted by atomic mass is 16.6. The van der Waals surface area contributed by atoms with E-state index in [9.17, 15) is 19.7 Å². The van der Waals surface area contributed by atoms with E-state index in [1.165, 1.54) is 31.4 Å². The molecular formula is C24H20N6O8. The molecule has 0 fully saturated rings. The Labute approximate surface area is 215 Å². The molecule has 0 saturated carbocycles. The first-order chi connectivity index (χ1) is 18.4. The first kappa shape index (κ1) is 25.8. The van der Waals surface area contributed by atoms with Crippen LogP contribution >= 0.6 is 0 Å². The lowest BCUT2D eigenvalue weighted by Gasteiger charge is -2.35. The maximum atomic E-state index is 13.5. The lowest BCUT2D eigenvalue weighted by atomic mass is 9.93. The number of benzene rings is 2. The number of esters is 1. The number of hydrogen-bond acceptors (Lipinski definition) is 11. The zero-order chi connectivity index (χ0) is 27.2. The summed E-state index contributed by atoms with van der Waals surface area (Å²) in [6.45, 7) is 8.51. The third kappa shape index (κ3) is 5.12. The Morgan fingerprint density at radius 2 is 1.92 bits per heavy atom. The van der Waals surface area contributed by atoms with Gasteiger partial charge in [-0.1, -0.05) is 13.0 Å². The quantitative estimate of drug-likeness (QED) is 0.147. The van der Waals surface area contributed by atoms with Crippen molar-refractivity contribution in [3.05, 3.63) is 80.8 Å². The van der Waals surface area contributed by atoms with Crippen LogP contribution in [0.1, 0.15) is 24.9 Å². The minimum Gasteiger partial charge on any atom is -0.468 e. The number of nitrogens with zero attached hydrogens (tertiary/aromatic N) is 6. The molecule has 4 rings (SSSR count). The number of fused-ring (bicyclic) bond motifs is 1. The van der Waals surface area contributed by atoms with Crippen LogP contribution in [0.4, 0.5) is 10.5 Å². The Hall–Kier alpha value is -5.32. The third-order valence-corrected chi connectivity index (χ3v) is 5.50. The number of non-ortho nitro benzene ring substituents is 1. The van der Waals surface area contributed by atoms with E-state index in [0.29, 0.717) is 22.3 Å². The second-order valence-electron chi connectivity index (χ2n) is 7.73. The minimum absolute atomic E-state index is 0.0115. The smallest absolute Gasteiger partial charge is 0.424 e. The van der Waals surface area contributed by atoms with Gasteiger partial charge in [-0.3, -0.25) is 10.1 Å². The van der Waals surface area contributed by atoms with Crippen molar-refractivity contribution < 1.29 is 33.4 Å². The van der Waals surface area contributed by atoms with Crippen LogP contribution in [0.2, 0.25) is 0 Å². The molecule has 0 spiro atoms. The van der Waals surface area contributed by atoms with Crippen LogP contribution in [0, 0.1) is 16.7 Å². The maximum absolute atomic E-state index is 13.5. The molecule has 38 heavy (non-hydrogen) atoms. The first-order valence-electron chi connectivity index (χ1n) is 11.2. The summed E-state index contributed by atoms with van der Waals surface area (Å²) in [6, 6.07) is 8.41. The highest BCUT2D eigenvalue weighted by Gasteiger charge is 2.43. The lowest BCUT2D eigenvalue weighted by molar-refractivity contribution is -0.384. The van der Waals surface area contributed by atoms with Gasteiger partial charge in [-0.05, 0) is 46.6 Å². The normalized spacial score (nSPS) is 15.0. The Balaban J connectivity index is 1.80. The van der Waals surface area contributed by atoms with Gasteiger partial charge in [-0.2, -0.15) is 0 Å².